The van der Waals surface area contributed by atoms with Gasteiger partial charge in [-0.3, -0.25) is 14.6 Å². The van der Waals surface area contributed by atoms with Gasteiger partial charge in [0.25, 0.3) is 0 Å². The Bertz CT molecular complexity index is 247. The molecule has 0 aliphatic carbocycles. The molecule has 0 aromatic heterocycles. The summed E-state index contributed by atoms with van der Waals surface area (Å²) < 4.78 is 0. The standard InChI is InChI=1S/C13H26N4O/c1-13(17-6-3-14-4-7-17)2-5-15-8-10-16(12-18)11-9-15/h12-14H,2-11H2,1H3. The first kappa shape index (κ1) is 13.8. The van der Waals surface area contributed by atoms with Gasteiger partial charge in [-0.2, -0.15) is 0 Å². The van der Waals surface area contributed by atoms with Crippen LogP contribution in [0.1, 0.15) is 13.3 Å². The number of hydrogen-bond acceptors (Lipinski definition) is 4. The van der Waals surface area contributed by atoms with Crippen molar-refractivity contribution in [2.24, 2.45) is 0 Å². The van der Waals surface area contributed by atoms with Crippen LogP contribution in [-0.4, -0.2) is 86.1 Å². The van der Waals surface area contributed by atoms with Crippen LogP contribution in [0.4, 0.5) is 0 Å². The summed E-state index contributed by atoms with van der Waals surface area (Å²) in [5.41, 5.74) is 0. The zero-order valence-corrected chi connectivity index (χ0v) is 11.5. The molecule has 0 radical (unpaired) electrons. The SMILES string of the molecule is CC(CCN1CCN(C=O)CC1)N1CCNCC1. The quantitative estimate of drug-likeness (QED) is 0.668. The van der Waals surface area contributed by atoms with Gasteiger partial charge < -0.3 is 10.2 Å². The summed E-state index contributed by atoms with van der Waals surface area (Å²) in [6.07, 6.45) is 2.21. The number of amides is 1. The predicted octanol–water partition coefficient (Wildman–Crippen LogP) is -0.556. The van der Waals surface area contributed by atoms with Gasteiger partial charge in [0.1, 0.15) is 0 Å². The highest BCUT2D eigenvalue weighted by atomic mass is 16.1. The minimum atomic E-state index is 0.677. The lowest BCUT2D eigenvalue weighted by atomic mass is 10.1. The summed E-state index contributed by atoms with van der Waals surface area (Å²) in [5.74, 6) is 0. The van der Waals surface area contributed by atoms with E-state index in [1.807, 2.05) is 4.90 Å². The Labute approximate surface area is 110 Å². The van der Waals surface area contributed by atoms with Crippen LogP contribution < -0.4 is 5.32 Å². The lowest BCUT2D eigenvalue weighted by molar-refractivity contribution is -0.119. The minimum Gasteiger partial charge on any atom is -0.343 e. The van der Waals surface area contributed by atoms with Crippen molar-refractivity contribution in [2.75, 3.05) is 58.9 Å². The third-order valence-corrected chi connectivity index (χ3v) is 4.19. The molecule has 0 bridgehead atoms. The highest BCUT2D eigenvalue weighted by Gasteiger charge is 2.19. The number of piperazine rings is 2. The molecule has 1 N–H and O–H groups in total. The van der Waals surface area contributed by atoms with E-state index in [2.05, 4.69) is 22.0 Å². The van der Waals surface area contributed by atoms with E-state index in [1.54, 1.807) is 0 Å². The second-order valence-corrected chi connectivity index (χ2v) is 5.41. The molecule has 104 valence electrons. The van der Waals surface area contributed by atoms with Crippen molar-refractivity contribution in [3.8, 4) is 0 Å². The van der Waals surface area contributed by atoms with Gasteiger partial charge in [-0.15, -0.1) is 0 Å². The number of rotatable bonds is 5. The Hall–Kier alpha value is -0.650. The maximum absolute atomic E-state index is 10.6. The molecule has 0 aromatic carbocycles. The summed E-state index contributed by atoms with van der Waals surface area (Å²) in [6, 6.07) is 0.677. The van der Waals surface area contributed by atoms with Crippen LogP contribution in [-0.2, 0) is 4.79 Å². The predicted molar refractivity (Wildman–Crippen MR) is 72.6 cm³/mol. The van der Waals surface area contributed by atoms with Crippen LogP contribution >= 0.6 is 0 Å². The van der Waals surface area contributed by atoms with Crippen molar-refractivity contribution in [1.29, 1.82) is 0 Å². The average molecular weight is 254 g/mol. The molecule has 18 heavy (non-hydrogen) atoms. The zero-order chi connectivity index (χ0) is 12.8. The molecule has 1 amide bonds. The van der Waals surface area contributed by atoms with Gasteiger partial charge in [0.15, 0.2) is 0 Å². The lowest BCUT2D eigenvalue weighted by Crippen LogP contribution is -2.49. The van der Waals surface area contributed by atoms with E-state index in [4.69, 9.17) is 0 Å². The van der Waals surface area contributed by atoms with Gasteiger partial charge in [-0.1, -0.05) is 0 Å². The van der Waals surface area contributed by atoms with Crippen LogP contribution in [0.15, 0.2) is 0 Å². The first-order chi connectivity index (χ1) is 8.79. The normalized spacial score (nSPS) is 25.1. The summed E-state index contributed by atoms with van der Waals surface area (Å²) in [5, 5.41) is 3.40. The summed E-state index contributed by atoms with van der Waals surface area (Å²) in [7, 11) is 0. The molecule has 0 spiro atoms. The summed E-state index contributed by atoms with van der Waals surface area (Å²) >= 11 is 0. The molecule has 2 aliphatic rings. The monoisotopic (exact) mass is 254 g/mol. The van der Waals surface area contributed by atoms with Crippen molar-refractivity contribution in [3.63, 3.8) is 0 Å². The maximum atomic E-state index is 10.6. The fourth-order valence-corrected chi connectivity index (χ4v) is 2.77. The van der Waals surface area contributed by atoms with Crippen molar-refractivity contribution < 1.29 is 4.79 Å². The van der Waals surface area contributed by atoms with Gasteiger partial charge in [0.05, 0.1) is 0 Å². The van der Waals surface area contributed by atoms with E-state index in [0.717, 1.165) is 52.2 Å². The van der Waals surface area contributed by atoms with Crippen molar-refractivity contribution in [2.45, 2.75) is 19.4 Å². The molecular formula is C13H26N4O. The average Bonchev–Trinajstić information content (AvgIpc) is 2.46. The van der Waals surface area contributed by atoms with E-state index < -0.39 is 0 Å². The van der Waals surface area contributed by atoms with Crippen LogP contribution in [0, 0.1) is 0 Å². The first-order valence-electron chi connectivity index (χ1n) is 7.16. The molecule has 5 nitrogen and oxygen atoms in total. The Morgan fingerprint density at radius 3 is 2.39 bits per heavy atom. The van der Waals surface area contributed by atoms with E-state index >= 15 is 0 Å². The molecular weight excluding hydrogens is 228 g/mol. The van der Waals surface area contributed by atoms with E-state index in [1.165, 1.54) is 19.5 Å². The number of carbonyl (C=O) groups is 1. The fourth-order valence-electron chi connectivity index (χ4n) is 2.77. The van der Waals surface area contributed by atoms with Crippen molar-refractivity contribution in [1.82, 2.24) is 20.0 Å². The largest absolute Gasteiger partial charge is 0.343 e. The first-order valence-corrected chi connectivity index (χ1v) is 7.16. The van der Waals surface area contributed by atoms with Crippen LogP contribution in [0.2, 0.25) is 0 Å². The maximum Gasteiger partial charge on any atom is 0.209 e. The molecule has 1 atom stereocenters. The van der Waals surface area contributed by atoms with Gasteiger partial charge in [0, 0.05) is 58.4 Å². The zero-order valence-electron chi connectivity index (χ0n) is 11.5. The second kappa shape index (κ2) is 7.07. The lowest BCUT2D eigenvalue weighted by Gasteiger charge is -2.36. The Morgan fingerprint density at radius 2 is 1.78 bits per heavy atom. The van der Waals surface area contributed by atoms with Gasteiger partial charge in [-0.05, 0) is 19.9 Å². The molecule has 1 unspecified atom stereocenters. The molecule has 0 saturated carbocycles. The van der Waals surface area contributed by atoms with Crippen molar-refractivity contribution in [3.05, 3.63) is 0 Å². The molecule has 2 rings (SSSR count). The summed E-state index contributed by atoms with van der Waals surface area (Å²) in [4.78, 5) is 17.6. The van der Waals surface area contributed by atoms with E-state index in [0.29, 0.717) is 6.04 Å². The van der Waals surface area contributed by atoms with Gasteiger partial charge in [0.2, 0.25) is 6.41 Å². The van der Waals surface area contributed by atoms with Gasteiger partial charge in [-0.25, -0.2) is 0 Å². The second-order valence-electron chi connectivity index (χ2n) is 5.41. The van der Waals surface area contributed by atoms with Gasteiger partial charge >= 0.3 is 0 Å². The number of nitrogens with zero attached hydrogens (tertiary/aromatic N) is 3. The smallest absolute Gasteiger partial charge is 0.209 e. The number of carbonyl (C=O) groups excluding carboxylic acids is 1. The molecule has 2 fully saturated rings. The molecule has 2 heterocycles. The highest BCUT2D eigenvalue weighted by Crippen LogP contribution is 2.08. The fraction of sp³-hybridized carbons (Fsp3) is 0.923. The Kier molecular flexibility index (Phi) is 5.41. The van der Waals surface area contributed by atoms with Crippen LogP contribution in [0.25, 0.3) is 0 Å². The third kappa shape index (κ3) is 3.93. The topological polar surface area (TPSA) is 38.8 Å². The van der Waals surface area contributed by atoms with Crippen LogP contribution in [0.5, 0.6) is 0 Å². The third-order valence-electron chi connectivity index (χ3n) is 4.19. The van der Waals surface area contributed by atoms with Crippen molar-refractivity contribution >= 4 is 6.41 Å². The van der Waals surface area contributed by atoms with E-state index in [9.17, 15) is 4.79 Å². The number of nitrogens with one attached hydrogen (secondary N) is 1. The molecule has 0 aromatic rings. The summed E-state index contributed by atoms with van der Waals surface area (Å²) in [6.45, 7) is 12.0. The molecule has 2 saturated heterocycles. The Balaban J connectivity index is 1.63. The molecule has 2 aliphatic heterocycles. The van der Waals surface area contributed by atoms with Crippen LogP contribution in [0.3, 0.4) is 0 Å². The minimum absolute atomic E-state index is 0.677. The van der Waals surface area contributed by atoms with E-state index in [-0.39, 0.29) is 0 Å². The Morgan fingerprint density at radius 1 is 1.11 bits per heavy atom. The number of hydrogen-bond donors (Lipinski definition) is 1. The molecule has 5 heteroatoms. The highest BCUT2D eigenvalue weighted by molar-refractivity contribution is 5.47.